The standard InChI is InChI=1S/C24H19N3O7/c1-14(28)23-21(24(29)15-4-8-17(32-2)9-5-15)22(19-12-13-20(34-19)27(30)31)25-26(23)16-6-10-18(33-3)11-7-16/h4-13H,1-3H3. The Hall–Kier alpha value is -4.73. The van der Waals surface area contributed by atoms with Gasteiger partial charge in [0, 0.05) is 12.5 Å². The Kier molecular flexibility index (Phi) is 5.96. The van der Waals surface area contributed by atoms with Crippen molar-refractivity contribution < 1.29 is 28.4 Å². The number of nitrogens with zero attached hydrogens (tertiary/aromatic N) is 3. The van der Waals surface area contributed by atoms with Crippen LogP contribution in [0.4, 0.5) is 5.88 Å². The minimum absolute atomic E-state index is 0.00920. The van der Waals surface area contributed by atoms with E-state index in [9.17, 15) is 19.7 Å². The van der Waals surface area contributed by atoms with Gasteiger partial charge >= 0.3 is 5.88 Å². The van der Waals surface area contributed by atoms with E-state index in [0.29, 0.717) is 17.2 Å². The van der Waals surface area contributed by atoms with Gasteiger partial charge in [-0.3, -0.25) is 19.7 Å². The van der Waals surface area contributed by atoms with E-state index in [1.165, 1.54) is 31.9 Å². The summed E-state index contributed by atoms with van der Waals surface area (Å²) >= 11 is 0. The van der Waals surface area contributed by atoms with Gasteiger partial charge in [-0.1, -0.05) is 0 Å². The summed E-state index contributed by atoms with van der Waals surface area (Å²) < 4.78 is 17.0. The third-order valence-corrected chi connectivity index (χ3v) is 5.12. The quantitative estimate of drug-likeness (QED) is 0.213. The van der Waals surface area contributed by atoms with Gasteiger partial charge in [-0.15, -0.1) is 0 Å². The number of ketones is 2. The fourth-order valence-electron chi connectivity index (χ4n) is 3.48. The van der Waals surface area contributed by atoms with Gasteiger partial charge in [0.1, 0.15) is 27.8 Å². The van der Waals surface area contributed by atoms with E-state index in [2.05, 4.69) is 5.10 Å². The van der Waals surface area contributed by atoms with Crippen LogP contribution in [0.1, 0.15) is 33.3 Å². The zero-order valence-electron chi connectivity index (χ0n) is 18.5. The summed E-state index contributed by atoms with van der Waals surface area (Å²) in [5, 5.41) is 15.6. The second-order valence-electron chi connectivity index (χ2n) is 7.19. The van der Waals surface area contributed by atoms with Gasteiger partial charge in [-0.05, 0) is 54.6 Å². The summed E-state index contributed by atoms with van der Waals surface area (Å²) in [6.45, 7) is 1.32. The third-order valence-electron chi connectivity index (χ3n) is 5.12. The molecule has 2 aromatic carbocycles. The van der Waals surface area contributed by atoms with Crippen molar-refractivity contribution in [3.63, 3.8) is 0 Å². The Morgan fingerprint density at radius 1 is 0.941 bits per heavy atom. The van der Waals surface area contributed by atoms with E-state index in [4.69, 9.17) is 13.9 Å². The Bertz CT molecular complexity index is 1380. The van der Waals surface area contributed by atoms with Crippen LogP contribution >= 0.6 is 0 Å². The number of ether oxygens (including phenoxy) is 2. The van der Waals surface area contributed by atoms with E-state index in [-0.39, 0.29) is 28.3 Å². The molecule has 0 amide bonds. The van der Waals surface area contributed by atoms with Gasteiger partial charge in [-0.25, -0.2) is 4.68 Å². The minimum Gasteiger partial charge on any atom is -0.497 e. The van der Waals surface area contributed by atoms with Crippen LogP contribution in [0.25, 0.3) is 17.1 Å². The molecule has 4 aromatic rings. The number of furan rings is 1. The number of benzene rings is 2. The smallest absolute Gasteiger partial charge is 0.433 e. The van der Waals surface area contributed by atoms with Crippen molar-refractivity contribution in [3.8, 4) is 28.6 Å². The van der Waals surface area contributed by atoms with Crippen molar-refractivity contribution in [2.45, 2.75) is 6.92 Å². The van der Waals surface area contributed by atoms with Gasteiger partial charge in [0.05, 0.1) is 31.5 Å². The first-order valence-electron chi connectivity index (χ1n) is 10.1. The van der Waals surface area contributed by atoms with Gasteiger partial charge in [-0.2, -0.15) is 5.10 Å². The average Bonchev–Trinajstić information content (AvgIpc) is 3.49. The molecule has 2 heterocycles. The number of methoxy groups -OCH3 is 2. The molecule has 34 heavy (non-hydrogen) atoms. The fraction of sp³-hybridized carbons (Fsp3) is 0.125. The van der Waals surface area contributed by atoms with Gasteiger partial charge in [0.15, 0.2) is 17.3 Å². The van der Waals surface area contributed by atoms with Crippen molar-refractivity contribution >= 4 is 17.5 Å². The molecule has 10 heteroatoms. The number of hydrogen-bond acceptors (Lipinski definition) is 8. The zero-order valence-corrected chi connectivity index (χ0v) is 18.5. The van der Waals surface area contributed by atoms with Crippen molar-refractivity contribution in [3.05, 3.63) is 87.6 Å². The molecular weight excluding hydrogens is 442 g/mol. The molecular formula is C24H19N3O7. The summed E-state index contributed by atoms with van der Waals surface area (Å²) in [4.78, 5) is 36.8. The maximum atomic E-state index is 13.6. The summed E-state index contributed by atoms with van der Waals surface area (Å²) in [6, 6.07) is 15.6. The summed E-state index contributed by atoms with van der Waals surface area (Å²) in [5.74, 6) is -0.301. The lowest BCUT2D eigenvalue weighted by molar-refractivity contribution is -0.401. The predicted octanol–water partition coefficient (Wildman–Crippen LogP) is 4.49. The molecule has 10 nitrogen and oxygen atoms in total. The molecule has 0 N–H and O–H groups in total. The lowest BCUT2D eigenvalue weighted by Gasteiger charge is -2.08. The highest BCUT2D eigenvalue weighted by atomic mass is 16.6. The Morgan fingerprint density at radius 2 is 1.53 bits per heavy atom. The molecule has 0 aliphatic rings. The Morgan fingerprint density at radius 3 is 2.03 bits per heavy atom. The van der Waals surface area contributed by atoms with Crippen LogP contribution in [-0.4, -0.2) is 40.5 Å². The van der Waals surface area contributed by atoms with Gasteiger partial charge < -0.3 is 13.9 Å². The number of carbonyl (C=O) groups is 2. The molecule has 0 unspecified atom stereocenters. The van der Waals surface area contributed by atoms with Crippen LogP contribution in [0.2, 0.25) is 0 Å². The first-order chi connectivity index (χ1) is 16.3. The van der Waals surface area contributed by atoms with E-state index in [1.807, 2.05) is 0 Å². The molecule has 0 saturated heterocycles. The number of hydrogen-bond donors (Lipinski definition) is 0. The molecule has 0 radical (unpaired) electrons. The largest absolute Gasteiger partial charge is 0.497 e. The highest BCUT2D eigenvalue weighted by Gasteiger charge is 2.31. The maximum Gasteiger partial charge on any atom is 0.433 e. The summed E-state index contributed by atoms with van der Waals surface area (Å²) in [6.07, 6.45) is 0. The van der Waals surface area contributed by atoms with Gasteiger partial charge in [0.25, 0.3) is 0 Å². The molecule has 0 aliphatic carbocycles. The Labute approximate surface area is 193 Å². The highest BCUT2D eigenvalue weighted by molar-refractivity contribution is 6.18. The molecule has 0 bridgehead atoms. The van der Waals surface area contributed by atoms with Crippen molar-refractivity contribution in [2.75, 3.05) is 14.2 Å². The lowest BCUT2D eigenvalue weighted by atomic mass is 9.98. The molecule has 0 spiro atoms. The number of rotatable bonds is 8. The van der Waals surface area contributed by atoms with Crippen LogP contribution in [0.5, 0.6) is 11.5 Å². The van der Waals surface area contributed by atoms with Crippen molar-refractivity contribution in [2.24, 2.45) is 0 Å². The SMILES string of the molecule is COc1ccc(C(=O)c2c(-c3ccc([N+](=O)[O-])o3)nn(-c3ccc(OC)cc3)c2C(C)=O)cc1. The molecule has 4 rings (SSSR count). The van der Waals surface area contributed by atoms with Crippen LogP contribution < -0.4 is 9.47 Å². The second kappa shape index (κ2) is 9.02. The molecule has 172 valence electrons. The van der Waals surface area contributed by atoms with E-state index < -0.39 is 22.4 Å². The predicted molar refractivity (Wildman–Crippen MR) is 121 cm³/mol. The highest BCUT2D eigenvalue weighted by Crippen LogP contribution is 2.33. The number of carbonyl (C=O) groups excluding carboxylic acids is 2. The number of nitro groups is 1. The molecule has 0 saturated carbocycles. The van der Waals surface area contributed by atoms with Gasteiger partial charge in [0.2, 0.25) is 0 Å². The van der Waals surface area contributed by atoms with Crippen LogP contribution in [-0.2, 0) is 0 Å². The first kappa shape index (κ1) is 22.5. The topological polar surface area (TPSA) is 127 Å². The van der Waals surface area contributed by atoms with E-state index in [1.54, 1.807) is 48.5 Å². The number of Topliss-reactive ketones (excluding diaryl/α,β-unsaturated/α-hetero) is 1. The molecule has 0 fully saturated rings. The molecule has 2 aromatic heterocycles. The van der Waals surface area contributed by atoms with Crippen molar-refractivity contribution in [1.29, 1.82) is 0 Å². The normalized spacial score (nSPS) is 10.7. The van der Waals surface area contributed by atoms with Crippen LogP contribution in [0.15, 0.2) is 65.1 Å². The third kappa shape index (κ3) is 4.04. The average molecular weight is 461 g/mol. The van der Waals surface area contributed by atoms with Crippen LogP contribution in [0, 0.1) is 10.1 Å². The summed E-state index contributed by atoms with van der Waals surface area (Å²) in [5.41, 5.74) is 0.759. The monoisotopic (exact) mass is 461 g/mol. The van der Waals surface area contributed by atoms with Crippen LogP contribution in [0.3, 0.4) is 0 Å². The van der Waals surface area contributed by atoms with Crippen molar-refractivity contribution in [1.82, 2.24) is 9.78 Å². The van der Waals surface area contributed by atoms with E-state index >= 15 is 0 Å². The lowest BCUT2D eigenvalue weighted by Crippen LogP contribution is -2.12. The summed E-state index contributed by atoms with van der Waals surface area (Å²) in [7, 11) is 3.03. The maximum absolute atomic E-state index is 13.6. The Balaban J connectivity index is 1.96. The van der Waals surface area contributed by atoms with E-state index in [0.717, 1.165) is 6.07 Å². The molecule has 0 atom stereocenters. The number of aromatic nitrogens is 2. The minimum atomic E-state index is -0.694. The second-order valence-corrected chi connectivity index (χ2v) is 7.19. The first-order valence-corrected chi connectivity index (χ1v) is 10.1. The fourth-order valence-corrected chi connectivity index (χ4v) is 3.48. The molecule has 0 aliphatic heterocycles. The zero-order chi connectivity index (χ0) is 24.4.